The maximum atomic E-state index is 14.9. The molecule has 0 bridgehead atoms. The van der Waals surface area contributed by atoms with E-state index in [0.717, 1.165) is 125 Å². The van der Waals surface area contributed by atoms with Crippen molar-refractivity contribution in [1.29, 1.82) is 0 Å². The zero-order chi connectivity index (χ0) is 83.7. The van der Waals surface area contributed by atoms with Gasteiger partial charge in [-0.1, -0.05) is 18.2 Å². The number of amides is 3. The fraction of sp³-hybridized carbons (Fsp3) is 0.652. The second-order valence-electron chi connectivity index (χ2n) is 25.3. The van der Waals surface area contributed by atoms with Crippen molar-refractivity contribution in [2.45, 2.75) is 252 Å². The lowest BCUT2D eigenvalue weighted by molar-refractivity contribution is -0.319. The molecule has 0 radical (unpaired) electrons. The molecule has 1 aromatic carbocycles. The zero-order valence-electron chi connectivity index (χ0n) is 64.2. The van der Waals surface area contributed by atoms with E-state index in [1.54, 1.807) is 0 Å². The molecular weight excluding hydrogens is 1490 g/mol. The lowest BCUT2D eigenvalue weighted by Crippen LogP contribution is -2.69. The van der Waals surface area contributed by atoms with Gasteiger partial charge < -0.3 is 115 Å². The molecule has 111 heavy (non-hydrogen) atoms. The molecule has 42 nitrogen and oxygen atoms in total. The van der Waals surface area contributed by atoms with Crippen LogP contribution in [-0.4, -0.2) is 257 Å². The van der Waals surface area contributed by atoms with Crippen LogP contribution in [0.2, 0.25) is 0 Å². The summed E-state index contributed by atoms with van der Waals surface area (Å²) in [6, 6.07) is -1.40. The number of benzene rings is 1. The highest BCUT2D eigenvalue weighted by Crippen LogP contribution is 2.42. The minimum atomic E-state index is -3.01. The normalized spacial score (nSPS) is 24.9. The van der Waals surface area contributed by atoms with Crippen LogP contribution in [0.25, 0.3) is 0 Å². The first-order valence-electron chi connectivity index (χ1n) is 33.9. The van der Waals surface area contributed by atoms with E-state index in [1.165, 1.54) is 18.2 Å². The van der Waals surface area contributed by atoms with Crippen molar-refractivity contribution >= 4 is 107 Å². The van der Waals surface area contributed by atoms with Crippen molar-refractivity contribution in [2.24, 2.45) is 0 Å². The number of ether oxygens (including phenoxy) is 21. The summed E-state index contributed by atoms with van der Waals surface area (Å²) >= 11 is 0. The predicted molar refractivity (Wildman–Crippen MR) is 356 cm³/mol. The van der Waals surface area contributed by atoms with Gasteiger partial charge in [0, 0.05) is 104 Å². The molecule has 3 amide bonds. The van der Waals surface area contributed by atoms with E-state index >= 15 is 0 Å². The third kappa shape index (κ3) is 27.5. The smallest absolute Gasteiger partial charge is 0.366 e. The van der Waals surface area contributed by atoms with E-state index in [1.807, 2.05) is 0 Å². The maximum absolute atomic E-state index is 14.9. The summed E-state index contributed by atoms with van der Waals surface area (Å²) in [7, 11) is 2.58. The summed E-state index contributed by atoms with van der Waals surface area (Å²) in [6.45, 7) is 8.67. The fourth-order valence-corrected chi connectivity index (χ4v) is 12.3. The molecule has 0 spiro atoms. The van der Waals surface area contributed by atoms with Crippen molar-refractivity contribution in [3.05, 3.63) is 34.9 Å². The Morgan fingerprint density at radius 3 is 0.847 bits per heavy atom. The number of carbonyl (C=O) groups is 18. The largest absolute Gasteiger partial charge is 0.465 e. The highest BCUT2D eigenvalue weighted by atomic mass is 16.8. The molecule has 1 aromatic rings. The summed E-state index contributed by atoms with van der Waals surface area (Å²) in [5.74, 6) is -28.3. The average Bonchev–Trinajstić information content (AvgIpc) is 0.766. The lowest BCUT2D eigenvalue weighted by Gasteiger charge is -2.48. The van der Waals surface area contributed by atoms with Crippen LogP contribution in [0.15, 0.2) is 18.2 Å². The molecule has 4 rings (SSSR count). The summed E-state index contributed by atoms with van der Waals surface area (Å²) in [5, 5.41) is 7.58. The number of rotatable bonds is 36. The Morgan fingerprint density at radius 1 is 0.351 bits per heavy atom. The SMILES string of the molecule is COC(=O)[C@@]1(OCc2ccc(CO[C@]3(C(=O)OC)C[C@H](OC(C)=O)[C@@H](NC(C)=O)[C@H]([C@H](OC(C)=O)[C@@H](COC(C)=O)OC(C)=O)O3)c(CO[C@]3(C(=O)OC)C[C@H](OC(C)=O)[C@@H](NC(C)=O)[C@H]([C@H](OC(C)=O)[C@@H](COC(C)=O)OC(C)=O)O3)c2)C[C@H](OC(C)=O)[C@@H](NC(C)=O)[C@H]([C@H](OC(C)=O)[C@@H](COC(C)=O)OC(C)=O)O1. The average molecular weight is 1590 g/mol. The Labute approximate surface area is 634 Å². The second-order valence-corrected chi connectivity index (χ2v) is 25.3. The van der Waals surface area contributed by atoms with Gasteiger partial charge in [0.05, 0.1) is 78.5 Å². The van der Waals surface area contributed by atoms with Crippen LogP contribution in [0, 0.1) is 0 Å². The predicted octanol–water partition coefficient (Wildman–Crippen LogP) is -1.20. The van der Waals surface area contributed by atoms with Crippen LogP contribution in [-0.2, 0) is 206 Å². The molecule has 3 fully saturated rings. The Kier molecular flexibility index (Phi) is 35.1. The van der Waals surface area contributed by atoms with Gasteiger partial charge in [-0.15, -0.1) is 0 Å². The third-order valence-corrected chi connectivity index (χ3v) is 16.1. The molecule has 0 aliphatic carbocycles. The molecule has 18 atom stereocenters. The fourth-order valence-electron chi connectivity index (χ4n) is 12.3. The van der Waals surface area contributed by atoms with Gasteiger partial charge in [0.25, 0.3) is 17.4 Å². The second kappa shape index (κ2) is 42.0. The summed E-state index contributed by atoms with van der Waals surface area (Å²) in [5.41, 5.74) is -0.515. The number of hydrogen-bond acceptors (Lipinski definition) is 39. The zero-order valence-corrected chi connectivity index (χ0v) is 64.2. The Balaban J connectivity index is 2.21. The van der Waals surface area contributed by atoms with Crippen molar-refractivity contribution in [2.75, 3.05) is 41.2 Å². The van der Waals surface area contributed by atoms with Crippen LogP contribution in [0.4, 0.5) is 0 Å². The van der Waals surface area contributed by atoms with E-state index in [2.05, 4.69) is 16.0 Å². The van der Waals surface area contributed by atoms with Gasteiger partial charge in [-0.3, -0.25) is 71.9 Å². The Bertz CT molecular complexity index is 3620. The number of methoxy groups -OCH3 is 3. The molecule has 3 aliphatic heterocycles. The lowest BCUT2D eigenvalue weighted by atomic mass is 9.87. The standard InChI is InChI=1S/C69H93N3O39/c1-31(73)70-55-49(100-37(7)79)22-67(64(88)91-16,109-61(55)58(106-43(13)85)52(103-40(10)82)28-94-34(4)76)97-25-46-19-20-47(26-98-68(65(89)92-17)23-50(101-38(8)80)56(71-32(2)74)62(110-68)59(107-44(14)86)53(104-41(11)83)29-95-35(5)77)48(21-46)27-99-69(66(90)93-18)24-51(102-39(9)81)57(72-33(3)75)63(111-69)60(108-45(15)87)54(105-42(12)84)30-96-36(6)78/h19-21,49-63H,22-30H2,1-18H3,(H,70,73)(H,71,74)(H,72,75)/t49-,50-,51-,52+,53+,54+,55+,56+,57+,58+,59+,60+,61+,62+,63+,67+,68+,69+/m0/s1. The molecule has 3 N–H and O–H groups in total. The van der Waals surface area contributed by atoms with Gasteiger partial charge in [-0.2, -0.15) is 0 Å². The van der Waals surface area contributed by atoms with Crippen LogP contribution >= 0.6 is 0 Å². The first kappa shape index (κ1) is 92.8. The van der Waals surface area contributed by atoms with Crippen molar-refractivity contribution in [3.63, 3.8) is 0 Å². The van der Waals surface area contributed by atoms with Gasteiger partial charge in [0.15, 0.2) is 36.6 Å². The highest BCUT2D eigenvalue weighted by Gasteiger charge is 2.63. The maximum Gasteiger partial charge on any atom is 0.366 e. The molecule has 3 heterocycles. The van der Waals surface area contributed by atoms with Crippen LogP contribution in [0.3, 0.4) is 0 Å². The third-order valence-electron chi connectivity index (χ3n) is 16.1. The molecule has 618 valence electrons. The minimum Gasteiger partial charge on any atom is -0.465 e. The topological polar surface area (TPSA) is 537 Å². The van der Waals surface area contributed by atoms with Crippen molar-refractivity contribution in [3.8, 4) is 0 Å². The first-order chi connectivity index (χ1) is 51.8. The molecule has 0 unspecified atom stereocenters. The van der Waals surface area contributed by atoms with Crippen LogP contribution in [0.1, 0.15) is 140 Å². The molecule has 42 heteroatoms. The first-order valence-corrected chi connectivity index (χ1v) is 33.9. The van der Waals surface area contributed by atoms with Crippen molar-refractivity contribution in [1.82, 2.24) is 16.0 Å². The molecular formula is C69H93N3O39. The van der Waals surface area contributed by atoms with E-state index in [4.69, 9.17) is 99.5 Å². The van der Waals surface area contributed by atoms with Gasteiger partial charge in [0.2, 0.25) is 17.7 Å². The monoisotopic (exact) mass is 1590 g/mol. The number of hydrogen-bond donors (Lipinski definition) is 3. The molecule has 0 saturated carbocycles. The summed E-state index contributed by atoms with van der Waals surface area (Å²) in [4.78, 5) is 238. The summed E-state index contributed by atoms with van der Waals surface area (Å²) in [6.07, 6.45) is -26.0. The Hall–Kier alpha value is -10.6. The number of carbonyl (C=O) groups excluding carboxylic acids is 18. The van der Waals surface area contributed by atoms with Gasteiger partial charge in [-0.25, -0.2) is 14.4 Å². The number of esters is 15. The Morgan fingerprint density at radius 2 is 0.613 bits per heavy atom. The van der Waals surface area contributed by atoms with Gasteiger partial charge >= 0.3 is 89.5 Å². The molecule has 0 aromatic heterocycles. The van der Waals surface area contributed by atoms with E-state index in [-0.39, 0.29) is 16.7 Å². The molecule has 3 aliphatic rings. The quantitative estimate of drug-likeness (QED) is 0.0525. The summed E-state index contributed by atoms with van der Waals surface area (Å²) < 4.78 is 121. The van der Waals surface area contributed by atoms with Crippen molar-refractivity contribution < 1.29 is 186 Å². The number of nitrogens with one attached hydrogen (secondary N) is 3. The van der Waals surface area contributed by atoms with Gasteiger partial charge in [0.1, 0.15) is 56.4 Å². The minimum absolute atomic E-state index is 0.0982. The highest BCUT2D eigenvalue weighted by molar-refractivity contribution is 5.81. The van der Waals surface area contributed by atoms with Crippen LogP contribution in [0.5, 0.6) is 0 Å². The van der Waals surface area contributed by atoms with Gasteiger partial charge in [-0.05, 0) is 16.7 Å². The van der Waals surface area contributed by atoms with Crippen LogP contribution < -0.4 is 16.0 Å². The van der Waals surface area contributed by atoms with E-state index in [0.29, 0.717) is 0 Å². The van der Waals surface area contributed by atoms with E-state index < -0.39 is 275 Å². The van der Waals surface area contributed by atoms with E-state index in [9.17, 15) is 86.3 Å². The molecule has 3 saturated heterocycles.